The molecule has 0 bridgehead atoms. The van der Waals surface area contributed by atoms with Crippen LogP contribution in [0.25, 0.3) is 33.4 Å². The standard InChI is InChI=1S/C20H12Cl2O4/c21-14-5-12-18(7-16(14)24)26-19-8-17(25)15(22)6-13(19)20(12)11-4-2-1-3-10(11)9-23/h1-8,23-24H,9H2/p-1. The molecule has 4 rings (SSSR count). The van der Waals surface area contributed by atoms with Crippen molar-refractivity contribution < 1.29 is 14.6 Å². The van der Waals surface area contributed by atoms with E-state index in [1.165, 1.54) is 24.3 Å². The van der Waals surface area contributed by atoms with E-state index in [0.717, 1.165) is 5.56 Å². The predicted molar refractivity (Wildman–Crippen MR) is 99.9 cm³/mol. The van der Waals surface area contributed by atoms with Gasteiger partial charge in [0.05, 0.1) is 11.6 Å². The Labute approximate surface area is 158 Å². The van der Waals surface area contributed by atoms with Crippen molar-refractivity contribution >= 4 is 34.2 Å². The van der Waals surface area contributed by atoms with Gasteiger partial charge in [0, 0.05) is 27.6 Å². The summed E-state index contributed by atoms with van der Waals surface area (Å²) in [4.78, 5) is 11.9. The minimum Gasteiger partial charge on any atom is -0.871 e. The second-order valence-corrected chi connectivity index (χ2v) is 6.66. The fourth-order valence-electron chi connectivity index (χ4n) is 3.08. The molecule has 2 aliphatic rings. The van der Waals surface area contributed by atoms with Crippen LogP contribution in [0.15, 0.2) is 57.7 Å². The third-order valence-corrected chi connectivity index (χ3v) is 4.87. The predicted octanol–water partition coefficient (Wildman–Crippen LogP) is 4.44. The average Bonchev–Trinajstić information content (AvgIpc) is 2.63. The third-order valence-electron chi connectivity index (χ3n) is 4.28. The minimum absolute atomic E-state index is 0.0568. The van der Waals surface area contributed by atoms with E-state index < -0.39 is 0 Å². The molecule has 1 aliphatic heterocycles. The van der Waals surface area contributed by atoms with Crippen molar-refractivity contribution in [1.82, 2.24) is 0 Å². The van der Waals surface area contributed by atoms with E-state index in [1.54, 1.807) is 6.07 Å². The fraction of sp³-hybridized carbons (Fsp3) is 0.0500. The molecule has 0 fully saturated rings. The van der Waals surface area contributed by atoms with E-state index in [9.17, 15) is 15.0 Å². The number of benzene rings is 3. The van der Waals surface area contributed by atoms with Gasteiger partial charge in [0.1, 0.15) is 11.3 Å². The van der Waals surface area contributed by atoms with Crippen molar-refractivity contribution in [3.63, 3.8) is 0 Å². The van der Waals surface area contributed by atoms with Crippen LogP contribution in [0, 0.1) is 0 Å². The van der Waals surface area contributed by atoms with E-state index in [-0.39, 0.29) is 27.8 Å². The Kier molecular flexibility index (Phi) is 4.11. The van der Waals surface area contributed by atoms with Crippen LogP contribution in [0.5, 0.6) is 5.75 Å². The first-order chi connectivity index (χ1) is 12.5. The maximum Gasteiger partial charge on any atom is 0.200 e. The Hall–Kier alpha value is -2.53. The molecular weight excluding hydrogens is 375 g/mol. The zero-order valence-electron chi connectivity index (χ0n) is 13.3. The lowest BCUT2D eigenvalue weighted by atomic mass is 9.91. The summed E-state index contributed by atoms with van der Waals surface area (Å²) in [5, 5.41) is 22.4. The Balaban J connectivity index is 2.25. The van der Waals surface area contributed by atoms with Crippen molar-refractivity contribution in [3.8, 4) is 28.2 Å². The molecule has 130 valence electrons. The summed E-state index contributed by atoms with van der Waals surface area (Å²) in [6.45, 7) is -0.175. The van der Waals surface area contributed by atoms with Gasteiger partial charge in [0.25, 0.3) is 0 Å². The van der Waals surface area contributed by atoms with E-state index in [1.807, 2.05) is 18.2 Å². The molecule has 0 aromatic heterocycles. The van der Waals surface area contributed by atoms with Gasteiger partial charge in [-0.25, -0.2) is 0 Å². The molecule has 4 nitrogen and oxygen atoms in total. The highest BCUT2D eigenvalue weighted by Gasteiger charge is 2.20. The quantitative estimate of drug-likeness (QED) is 0.517. The molecule has 0 amide bonds. The zero-order chi connectivity index (χ0) is 18.4. The summed E-state index contributed by atoms with van der Waals surface area (Å²) in [6, 6.07) is 12.9. The number of halogens is 2. The van der Waals surface area contributed by atoms with Gasteiger partial charge in [0.15, 0.2) is 0 Å². The molecule has 0 spiro atoms. The summed E-state index contributed by atoms with van der Waals surface area (Å²) < 4.78 is 5.77. The summed E-state index contributed by atoms with van der Waals surface area (Å²) in [5.74, 6) is -0.0728. The van der Waals surface area contributed by atoms with E-state index in [2.05, 4.69) is 0 Å². The van der Waals surface area contributed by atoms with Gasteiger partial charge in [-0.1, -0.05) is 53.2 Å². The second-order valence-electron chi connectivity index (χ2n) is 5.85. The van der Waals surface area contributed by atoms with Crippen LogP contribution in [0.1, 0.15) is 5.56 Å². The Morgan fingerprint density at radius 3 is 2.54 bits per heavy atom. The number of hydrogen-bond acceptors (Lipinski definition) is 4. The molecule has 1 heterocycles. The molecule has 1 aliphatic carbocycles. The molecule has 0 unspecified atom stereocenters. The van der Waals surface area contributed by atoms with Crippen LogP contribution in [0.3, 0.4) is 0 Å². The molecule has 0 saturated carbocycles. The van der Waals surface area contributed by atoms with Gasteiger partial charge in [-0.15, -0.1) is 0 Å². The van der Waals surface area contributed by atoms with Gasteiger partial charge in [0.2, 0.25) is 5.43 Å². The Morgan fingerprint density at radius 2 is 1.77 bits per heavy atom. The van der Waals surface area contributed by atoms with Crippen LogP contribution >= 0.6 is 23.2 Å². The van der Waals surface area contributed by atoms with Crippen molar-refractivity contribution in [3.05, 3.63) is 74.4 Å². The molecule has 26 heavy (non-hydrogen) atoms. The molecule has 1 N–H and O–H groups in total. The van der Waals surface area contributed by atoms with Gasteiger partial charge in [-0.05, 0) is 29.3 Å². The SMILES string of the molecule is O=c1cc2oc3cc([O-])c(Cl)cc3c(-c3ccccc3CO)c-2cc1Cl. The zero-order valence-corrected chi connectivity index (χ0v) is 14.8. The molecule has 6 heteroatoms. The van der Waals surface area contributed by atoms with Crippen LogP contribution in [-0.2, 0) is 6.61 Å². The lowest BCUT2D eigenvalue weighted by molar-refractivity contribution is -0.268. The number of aliphatic hydroxyl groups is 1. The topological polar surface area (TPSA) is 73.5 Å². The van der Waals surface area contributed by atoms with Gasteiger partial charge < -0.3 is 14.6 Å². The normalized spacial score (nSPS) is 11.3. The number of rotatable bonds is 2. The van der Waals surface area contributed by atoms with Crippen LogP contribution in [0.2, 0.25) is 10.0 Å². The van der Waals surface area contributed by atoms with Crippen LogP contribution in [-0.4, -0.2) is 5.11 Å². The lowest BCUT2D eigenvalue weighted by Crippen LogP contribution is -2.03. The highest BCUT2D eigenvalue weighted by atomic mass is 35.5. The Morgan fingerprint density at radius 1 is 1.00 bits per heavy atom. The van der Waals surface area contributed by atoms with Crippen molar-refractivity contribution in [2.45, 2.75) is 6.61 Å². The maximum absolute atomic E-state index is 11.9. The molecular formula is C20H11Cl2O4-. The van der Waals surface area contributed by atoms with Crippen molar-refractivity contribution in [2.24, 2.45) is 0 Å². The summed E-state index contributed by atoms with van der Waals surface area (Å²) in [6.07, 6.45) is 0. The lowest BCUT2D eigenvalue weighted by Gasteiger charge is -2.19. The first-order valence-corrected chi connectivity index (χ1v) is 8.51. The van der Waals surface area contributed by atoms with E-state index >= 15 is 0 Å². The fourth-order valence-corrected chi connectivity index (χ4v) is 3.41. The smallest absolute Gasteiger partial charge is 0.200 e. The first kappa shape index (κ1) is 16.9. The minimum atomic E-state index is -0.375. The third kappa shape index (κ3) is 2.63. The molecule has 0 atom stereocenters. The Bertz CT molecular complexity index is 1180. The van der Waals surface area contributed by atoms with Gasteiger partial charge >= 0.3 is 0 Å². The van der Waals surface area contributed by atoms with E-state index in [0.29, 0.717) is 33.4 Å². The van der Waals surface area contributed by atoms with Crippen molar-refractivity contribution in [1.29, 1.82) is 0 Å². The first-order valence-electron chi connectivity index (χ1n) is 7.75. The van der Waals surface area contributed by atoms with Crippen LogP contribution < -0.4 is 10.5 Å². The highest BCUT2D eigenvalue weighted by Crippen LogP contribution is 2.43. The molecule has 2 aromatic carbocycles. The van der Waals surface area contributed by atoms with Crippen molar-refractivity contribution in [2.75, 3.05) is 0 Å². The molecule has 2 aromatic rings. The number of aliphatic hydroxyl groups excluding tert-OH is 1. The monoisotopic (exact) mass is 385 g/mol. The summed E-state index contributed by atoms with van der Waals surface area (Å²) in [5.41, 5.74) is 2.64. The maximum atomic E-state index is 11.9. The largest absolute Gasteiger partial charge is 0.871 e. The summed E-state index contributed by atoms with van der Waals surface area (Å²) in [7, 11) is 0. The highest BCUT2D eigenvalue weighted by molar-refractivity contribution is 6.33. The van der Waals surface area contributed by atoms with Gasteiger partial charge in [-0.3, -0.25) is 4.79 Å². The molecule has 0 radical (unpaired) electrons. The number of hydrogen-bond donors (Lipinski definition) is 1. The van der Waals surface area contributed by atoms with E-state index in [4.69, 9.17) is 27.6 Å². The molecule has 0 saturated heterocycles. The van der Waals surface area contributed by atoms with Gasteiger partial charge in [-0.2, -0.15) is 0 Å². The second kappa shape index (κ2) is 6.32. The van der Waals surface area contributed by atoms with Crippen LogP contribution in [0.4, 0.5) is 0 Å². The number of fused-ring (bicyclic) bond motifs is 2. The average molecular weight is 386 g/mol. The summed E-state index contributed by atoms with van der Waals surface area (Å²) >= 11 is 12.1.